The van der Waals surface area contributed by atoms with Crippen LogP contribution in [0.1, 0.15) is 37.6 Å². The molecule has 0 heterocycles. The Bertz CT molecular complexity index is 688. The SMILES string of the molecule is CCO[Si](OCC)(OCC)c1cccc(C(=O)C2(N)C=CC=C(N)C2)c1. The Labute approximate surface area is 156 Å². The summed E-state index contributed by atoms with van der Waals surface area (Å²) >= 11 is 0. The van der Waals surface area contributed by atoms with Gasteiger partial charge >= 0.3 is 8.80 Å². The molecule has 0 spiro atoms. The van der Waals surface area contributed by atoms with Crippen molar-refractivity contribution < 1.29 is 18.1 Å². The number of nitrogens with two attached hydrogens (primary N) is 2. The molecule has 2 rings (SSSR count). The molecule has 0 aliphatic heterocycles. The van der Waals surface area contributed by atoms with E-state index < -0.39 is 14.3 Å². The Hall–Kier alpha value is -1.77. The van der Waals surface area contributed by atoms with E-state index in [2.05, 4.69) is 0 Å². The van der Waals surface area contributed by atoms with Crippen molar-refractivity contribution in [2.45, 2.75) is 32.7 Å². The third-order valence-corrected chi connectivity index (χ3v) is 7.13. The highest BCUT2D eigenvalue weighted by Crippen LogP contribution is 2.23. The predicted molar refractivity (Wildman–Crippen MR) is 104 cm³/mol. The molecule has 0 aromatic heterocycles. The standard InChI is InChI=1S/C19H28N2O4Si/c1-4-23-26(24-5-2,25-6-3)17-11-7-9-15(13-17)18(22)19(21)12-8-10-16(20)14-19/h7-13H,4-6,14,20-21H2,1-3H3. The van der Waals surface area contributed by atoms with Crippen LogP contribution < -0.4 is 16.7 Å². The monoisotopic (exact) mass is 376 g/mol. The molecule has 26 heavy (non-hydrogen) atoms. The van der Waals surface area contributed by atoms with E-state index in [4.69, 9.17) is 24.7 Å². The molecule has 0 fully saturated rings. The zero-order valence-corrected chi connectivity index (χ0v) is 16.7. The summed E-state index contributed by atoms with van der Waals surface area (Å²) in [6.45, 7) is 7.04. The van der Waals surface area contributed by atoms with Gasteiger partial charge in [0, 0.05) is 42.7 Å². The second-order valence-corrected chi connectivity index (χ2v) is 8.64. The highest BCUT2D eigenvalue weighted by Gasteiger charge is 2.44. The normalized spacial score (nSPS) is 20.1. The van der Waals surface area contributed by atoms with Crippen molar-refractivity contribution in [3.05, 3.63) is 53.8 Å². The molecule has 0 saturated heterocycles. The van der Waals surface area contributed by atoms with Crippen LogP contribution in [0.5, 0.6) is 0 Å². The van der Waals surface area contributed by atoms with E-state index in [0.717, 1.165) is 5.19 Å². The molecule has 1 unspecified atom stereocenters. The number of carbonyl (C=O) groups is 1. The molecule has 1 aliphatic rings. The molecule has 142 valence electrons. The number of benzene rings is 1. The van der Waals surface area contributed by atoms with Crippen LogP contribution in [0.25, 0.3) is 0 Å². The van der Waals surface area contributed by atoms with Gasteiger partial charge in [0.25, 0.3) is 0 Å². The Morgan fingerprint density at radius 1 is 1.15 bits per heavy atom. The summed E-state index contributed by atoms with van der Waals surface area (Å²) in [6, 6.07) is 7.19. The minimum atomic E-state index is -3.08. The molecule has 1 aliphatic carbocycles. The lowest BCUT2D eigenvalue weighted by Crippen LogP contribution is -2.57. The molecule has 1 atom stereocenters. The maximum absolute atomic E-state index is 13.1. The topological polar surface area (TPSA) is 96.8 Å². The van der Waals surface area contributed by atoms with Gasteiger partial charge < -0.3 is 24.7 Å². The second-order valence-electron chi connectivity index (χ2n) is 6.08. The van der Waals surface area contributed by atoms with Crippen molar-refractivity contribution in [3.8, 4) is 0 Å². The van der Waals surface area contributed by atoms with Gasteiger partial charge in [0.15, 0.2) is 5.78 Å². The fourth-order valence-electron chi connectivity index (χ4n) is 3.02. The van der Waals surface area contributed by atoms with Gasteiger partial charge in [-0.1, -0.05) is 30.4 Å². The van der Waals surface area contributed by atoms with Crippen molar-refractivity contribution in [3.63, 3.8) is 0 Å². The van der Waals surface area contributed by atoms with E-state index in [0.29, 0.717) is 31.1 Å². The number of ketones is 1. The van der Waals surface area contributed by atoms with Crippen LogP contribution >= 0.6 is 0 Å². The van der Waals surface area contributed by atoms with E-state index >= 15 is 0 Å². The molecular formula is C19H28N2O4Si. The lowest BCUT2D eigenvalue weighted by Gasteiger charge is -2.30. The fraction of sp³-hybridized carbons (Fsp3) is 0.421. The van der Waals surface area contributed by atoms with E-state index in [9.17, 15) is 4.79 Å². The first-order valence-corrected chi connectivity index (χ1v) is 10.6. The Morgan fingerprint density at radius 2 is 1.77 bits per heavy atom. The van der Waals surface area contributed by atoms with Gasteiger partial charge in [0.2, 0.25) is 0 Å². The highest BCUT2D eigenvalue weighted by molar-refractivity contribution is 6.75. The van der Waals surface area contributed by atoms with Gasteiger partial charge in [0.1, 0.15) is 5.54 Å². The van der Waals surface area contributed by atoms with E-state index in [1.54, 1.807) is 36.4 Å². The molecule has 7 heteroatoms. The summed E-state index contributed by atoms with van der Waals surface area (Å²) in [4.78, 5) is 13.1. The maximum Gasteiger partial charge on any atom is 0.537 e. The average molecular weight is 377 g/mol. The summed E-state index contributed by atoms with van der Waals surface area (Å²) in [5.41, 5.74) is 12.1. The summed E-state index contributed by atoms with van der Waals surface area (Å²) < 4.78 is 17.8. The quantitative estimate of drug-likeness (QED) is 0.502. The van der Waals surface area contributed by atoms with Gasteiger partial charge in [-0.05, 0) is 32.9 Å². The van der Waals surface area contributed by atoms with E-state index in [-0.39, 0.29) is 12.2 Å². The summed E-state index contributed by atoms with van der Waals surface area (Å²) in [6.07, 6.45) is 5.46. The summed E-state index contributed by atoms with van der Waals surface area (Å²) in [7, 11) is -3.08. The number of allylic oxidation sites excluding steroid dienone is 2. The zero-order valence-electron chi connectivity index (χ0n) is 15.7. The predicted octanol–water partition coefficient (Wildman–Crippen LogP) is 1.62. The van der Waals surface area contributed by atoms with Crippen molar-refractivity contribution in [2.75, 3.05) is 19.8 Å². The lowest BCUT2D eigenvalue weighted by atomic mass is 9.83. The van der Waals surface area contributed by atoms with Gasteiger partial charge in [0.05, 0.1) is 0 Å². The van der Waals surface area contributed by atoms with Crippen molar-refractivity contribution in [1.29, 1.82) is 0 Å². The van der Waals surface area contributed by atoms with E-state index in [1.807, 2.05) is 26.8 Å². The Kier molecular flexibility index (Phi) is 6.91. The van der Waals surface area contributed by atoms with Gasteiger partial charge in [-0.25, -0.2) is 0 Å². The molecule has 0 amide bonds. The number of rotatable bonds is 9. The number of Topliss-reactive ketones (excluding diaryl/α,β-unsaturated/α-hetero) is 1. The zero-order chi connectivity index (χ0) is 19.2. The van der Waals surface area contributed by atoms with Gasteiger partial charge in [-0.15, -0.1) is 0 Å². The third-order valence-electron chi connectivity index (χ3n) is 4.10. The first-order valence-electron chi connectivity index (χ1n) is 8.90. The minimum absolute atomic E-state index is 0.195. The Balaban J connectivity index is 2.40. The molecule has 1 aromatic rings. The molecule has 4 N–H and O–H groups in total. The van der Waals surface area contributed by atoms with Crippen LogP contribution in [0.15, 0.2) is 48.2 Å². The van der Waals surface area contributed by atoms with Crippen LogP contribution in [0.2, 0.25) is 0 Å². The van der Waals surface area contributed by atoms with Crippen LogP contribution in [-0.4, -0.2) is 39.9 Å². The van der Waals surface area contributed by atoms with Gasteiger partial charge in [-0.3, -0.25) is 4.79 Å². The van der Waals surface area contributed by atoms with Crippen LogP contribution in [0.3, 0.4) is 0 Å². The van der Waals surface area contributed by atoms with E-state index in [1.165, 1.54) is 0 Å². The van der Waals surface area contributed by atoms with Crippen LogP contribution in [0.4, 0.5) is 0 Å². The minimum Gasteiger partial charge on any atom is -0.402 e. The molecule has 6 nitrogen and oxygen atoms in total. The second kappa shape index (κ2) is 8.74. The maximum atomic E-state index is 13.1. The largest absolute Gasteiger partial charge is 0.537 e. The first-order chi connectivity index (χ1) is 12.4. The van der Waals surface area contributed by atoms with Crippen molar-refractivity contribution in [2.24, 2.45) is 11.5 Å². The molecule has 0 saturated carbocycles. The number of hydrogen-bond acceptors (Lipinski definition) is 6. The van der Waals surface area contributed by atoms with Crippen molar-refractivity contribution >= 4 is 19.8 Å². The molecule has 1 aromatic carbocycles. The summed E-state index contributed by atoms with van der Waals surface area (Å²) in [5, 5.41) is 0.751. The number of carbonyl (C=O) groups excluding carboxylic acids is 1. The summed E-state index contributed by atoms with van der Waals surface area (Å²) in [5.74, 6) is -0.195. The van der Waals surface area contributed by atoms with Crippen LogP contribution in [-0.2, 0) is 13.3 Å². The lowest BCUT2D eigenvalue weighted by molar-refractivity contribution is 0.0859. The molecular weight excluding hydrogens is 348 g/mol. The average Bonchev–Trinajstić information content (AvgIpc) is 2.61. The molecule has 0 bridgehead atoms. The van der Waals surface area contributed by atoms with Crippen LogP contribution in [0, 0.1) is 0 Å². The fourth-order valence-corrected chi connectivity index (χ4v) is 5.54. The van der Waals surface area contributed by atoms with Crippen molar-refractivity contribution in [1.82, 2.24) is 0 Å². The van der Waals surface area contributed by atoms with Gasteiger partial charge in [-0.2, -0.15) is 0 Å². The highest BCUT2D eigenvalue weighted by atomic mass is 28.4. The number of hydrogen-bond donors (Lipinski definition) is 2. The first kappa shape index (κ1) is 20.5. The molecule has 0 radical (unpaired) electrons. The Morgan fingerprint density at radius 3 is 2.31 bits per heavy atom. The smallest absolute Gasteiger partial charge is 0.402 e. The third kappa shape index (κ3) is 4.31.